The molecule has 0 fully saturated rings. The van der Waals surface area contributed by atoms with Crippen LogP contribution in [0.25, 0.3) is 0 Å². The molecule has 72 valence electrons. The van der Waals surface area contributed by atoms with Crippen molar-refractivity contribution in [2.75, 3.05) is 6.54 Å². The van der Waals surface area contributed by atoms with Gasteiger partial charge in [0.1, 0.15) is 5.01 Å². The zero-order chi connectivity index (χ0) is 9.68. The van der Waals surface area contributed by atoms with E-state index in [0.717, 1.165) is 18.0 Å². The average Bonchev–Trinajstić information content (AvgIpc) is 2.55. The van der Waals surface area contributed by atoms with Crippen LogP contribution in [0.15, 0.2) is 23.7 Å². The number of hydrogen-bond donors (Lipinski definition) is 1. The molecule has 0 saturated heterocycles. The fourth-order valence-corrected chi connectivity index (χ4v) is 1.71. The van der Waals surface area contributed by atoms with E-state index in [2.05, 4.69) is 30.7 Å². The second kappa shape index (κ2) is 5.14. The Morgan fingerprint density at radius 2 is 2.54 bits per heavy atom. The Labute approximate surface area is 83.7 Å². The van der Waals surface area contributed by atoms with Crippen LogP contribution < -0.4 is 5.32 Å². The lowest BCUT2D eigenvalue weighted by Gasteiger charge is -2.10. The molecule has 1 aromatic rings. The van der Waals surface area contributed by atoms with Crippen molar-refractivity contribution in [1.29, 1.82) is 0 Å². The number of hydrogen-bond acceptors (Lipinski definition) is 3. The van der Waals surface area contributed by atoms with Crippen molar-refractivity contribution in [3.05, 3.63) is 28.7 Å². The molecule has 1 rings (SSSR count). The fraction of sp³-hybridized carbons (Fsp3) is 0.500. The van der Waals surface area contributed by atoms with E-state index in [1.165, 1.54) is 5.57 Å². The van der Waals surface area contributed by atoms with E-state index in [9.17, 15) is 0 Å². The summed E-state index contributed by atoms with van der Waals surface area (Å²) in [5.41, 5.74) is 1.22. The highest BCUT2D eigenvalue weighted by molar-refractivity contribution is 7.09. The van der Waals surface area contributed by atoms with Gasteiger partial charge in [-0.1, -0.05) is 5.57 Å². The van der Waals surface area contributed by atoms with Gasteiger partial charge in [-0.15, -0.1) is 17.9 Å². The third kappa shape index (κ3) is 3.70. The average molecular weight is 196 g/mol. The van der Waals surface area contributed by atoms with Gasteiger partial charge in [0.15, 0.2) is 0 Å². The minimum Gasteiger partial charge on any atom is -0.308 e. The molecule has 0 radical (unpaired) electrons. The molecule has 0 aliphatic rings. The summed E-state index contributed by atoms with van der Waals surface area (Å²) in [7, 11) is 0. The van der Waals surface area contributed by atoms with E-state index in [1.807, 2.05) is 11.6 Å². The second-order valence-corrected chi connectivity index (χ2v) is 4.18. The SMILES string of the molecule is C=C(C)CCNC(C)c1nccs1. The predicted octanol–water partition coefficient (Wildman–Crippen LogP) is 2.76. The third-order valence-corrected chi connectivity index (χ3v) is 2.78. The summed E-state index contributed by atoms with van der Waals surface area (Å²) >= 11 is 1.69. The number of thiazole rings is 1. The summed E-state index contributed by atoms with van der Waals surface area (Å²) in [5.74, 6) is 0. The molecule has 2 nitrogen and oxygen atoms in total. The Balaban J connectivity index is 2.26. The van der Waals surface area contributed by atoms with Crippen LogP contribution in [0.4, 0.5) is 0 Å². The van der Waals surface area contributed by atoms with Crippen LogP contribution in [-0.4, -0.2) is 11.5 Å². The number of nitrogens with one attached hydrogen (secondary N) is 1. The Morgan fingerprint density at radius 3 is 3.08 bits per heavy atom. The molecular formula is C10H16N2S. The Bertz CT molecular complexity index is 254. The zero-order valence-corrected chi connectivity index (χ0v) is 9.03. The molecular weight excluding hydrogens is 180 g/mol. The molecule has 1 N–H and O–H groups in total. The molecule has 13 heavy (non-hydrogen) atoms. The van der Waals surface area contributed by atoms with Crippen LogP contribution in [0.3, 0.4) is 0 Å². The van der Waals surface area contributed by atoms with E-state index in [0.29, 0.717) is 6.04 Å². The Hall–Kier alpha value is -0.670. The minimum absolute atomic E-state index is 0.361. The first-order valence-corrected chi connectivity index (χ1v) is 5.35. The molecule has 3 heteroatoms. The van der Waals surface area contributed by atoms with Gasteiger partial charge in [0.05, 0.1) is 6.04 Å². The molecule has 0 aliphatic carbocycles. The van der Waals surface area contributed by atoms with Crippen LogP contribution in [-0.2, 0) is 0 Å². The summed E-state index contributed by atoms with van der Waals surface area (Å²) in [6.07, 6.45) is 2.88. The van der Waals surface area contributed by atoms with Gasteiger partial charge in [-0.2, -0.15) is 0 Å². The maximum Gasteiger partial charge on any atom is 0.109 e. The topological polar surface area (TPSA) is 24.9 Å². The molecule has 0 amide bonds. The van der Waals surface area contributed by atoms with Crippen molar-refractivity contribution in [2.45, 2.75) is 26.3 Å². The monoisotopic (exact) mass is 196 g/mol. The second-order valence-electron chi connectivity index (χ2n) is 3.25. The molecule has 1 heterocycles. The minimum atomic E-state index is 0.361. The van der Waals surface area contributed by atoms with Gasteiger partial charge >= 0.3 is 0 Å². The molecule has 0 spiro atoms. The summed E-state index contributed by atoms with van der Waals surface area (Å²) in [6.45, 7) is 9.03. The number of rotatable bonds is 5. The van der Waals surface area contributed by atoms with Gasteiger partial charge in [0, 0.05) is 11.6 Å². The summed E-state index contributed by atoms with van der Waals surface area (Å²) < 4.78 is 0. The maximum absolute atomic E-state index is 4.25. The van der Waals surface area contributed by atoms with Crippen molar-refractivity contribution in [3.63, 3.8) is 0 Å². The summed E-state index contributed by atoms with van der Waals surface area (Å²) in [6, 6.07) is 0.361. The van der Waals surface area contributed by atoms with E-state index in [-0.39, 0.29) is 0 Å². The first-order chi connectivity index (χ1) is 6.20. The van der Waals surface area contributed by atoms with Crippen LogP contribution in [0.1, 0.15) is 31.3 Å². The smallest absolute Gasteiger partial charge is 0.109 e. The maximum atomic E-state index is 4.25. The van der Waals surface area contributed by atoms with Gasteiger partial charge in [0.25, 0.3) is 0 Å². The highest BCUT2D eigenvalue weighted by Crippen LogP contribution is 2.14. The van der Waals surface area contributed by atoms with Crippen LogP contribution in [0.2, 0.25) is 0 Å². The van der Waals surface area contributed by atoms with Crippen LogP contribution in [0, 0.1) is 0 Å². The number of nitrogens with zero attached hydrogens (tertiary/aromatic N) is 1. The van der Waals surface area contributed by atoms with Gasteiger partial charge in [-0.3, -0.25) is 0 Å². The number of aromatic nitrogens is 1. The quantitative estimate of drug-likeness (QED) is 0.732. The largest absolute Gasteiger partial charge is 0.308 e. The predicted molar refractivity (Wildman–Crippen MR) is 58.0 cm³/mol. The third-order valence-electron chi connectivity index (χ3n) is 1.82. The molecule has 0 bridgehead atoms. The zero-order valence-electron chi connectivity index (χ0n) is 8.21. The lowest BCUT2D eigenvalue weighted by molar-refractivity contribution is 0.573. The van der Waals surface area contributed by atoms with Crippen molar-refractivity contribution in [3.8, 4) is 0 Å². The van der Waals surface area contributed by atoms with E-state index >= 15 is 0 Å². The first kappa shape index (κ1) is 10.4. The van der Waals surface area contributed by atoms with E-state index in [4.69, 9.17) is 0 Å². The molecule has 0 aromatic carbocycles. The lowest BCUT2D eigenvalue weighted by atomic mass is 10.2. The van der Waals surface area contributed by atoms with Crippen molar-refractivity contribution in [2.24, 2.45) is 0 Å². The van der Waals surface area contributed by atoms with Crippen LogP contribution in [0.5, 0.6) is 0 Å². The van der Waals surface area contributed by atoms with Crippen molar-refractivity contribution < 1.29 is 0 Å². The highest BCUT2D eigenvalue weighted by atomic mass is 32.1. The van der Waals surface area contributed by atoms with Crippen molar-refractivity contribution >= 4 is 11.3 Å². The van der Waals surface area contributed by atoms with E-state index < -0.39 is 0 Å². The summed E-state index contributed by atoms with van der Waals surface area (Å²) in [5, 5.41) is 6.56. The fourth-order valence-electron chi connectivity index (χ4n) is 1.04. The summed E-state index contributed by atoms with van der Waals surface area (Å²) in [4.78, 5) is 4.25. The Morgan fingerprint density at radius 1 is 1.77 bits per heavy atom. The standard InChI is InChI=1S/C10H16N2S/c1-8(2)4-5-11-9(3)10-12-6-7-13-10/h6-7,9,11H,1,4-5H2,2-3H3. The van der Waals surface area contributed by atoms with Crippen LogP contribution >= 0.6 is 11.3 Å². The molecule has 1 unspecified atom stereocenters. The molecule has 1 aromatic heterocycles. The first-order valence-electron chi connectivity index (χ1n) is 4.47. The van der Waals surface area contributed by atoms with E-state index in [1.54, 1.807) is 11.3 Å². The van der Waals surface area contributed by atoms with Gasteiger partial charge in [-0.25, -0.2) is 4.98 Å². The van der Waals surface area contributed by atoms with Gasteiger partial charge in [0.2, 0.25) is 0 Å². The highest BCUT2D eigenvalue weighted by Gasteiger charge is 2.05. The van der Waals surface area contributed by atoms with Crippen molar-refractivity contribution in [1.82, 2.24) is 10.3 Å². The molecule has 0 aliphatic heterocycles. The Kier molecular flexibility index (Phi) is 4.12. The van der Waals surface area contributed by atoms with Gasteiger partial charge < -0.3 is 5.32 Å². The van der Waals surface area contributed by atoms with Gasteiger partial charge in [-0.05, 0) is 26.8 Å². The molecule has 0 saturated carbocycles. The normalized spacial score (nSPS) is 12.8. The molecule has 1 atom stereocenters. The lowest BCUT2D eigenvalue weighted by Crippen LogP contribution is -2.19.